The Morgan fingerprint density at radius 1 is 1.22 bits per heavy atom. The van der Waals surface area contributed by atoms with Crippen molar-refractivity contribution in [1.29, 1.82) is 0 Å². The maximum absolute atomic E-state index is 13.1. The molecule has 1 aliphatic heterocycles. The molecule has 92 valence electrons. The van der Waals surface area contributed by atoms with E-state index in [-0.39, 0.29) is 11.1 Å². The van der Waals surface area contributed by atoms with Crippen molar-refractivity contribution in [3.05, 3.63) is 41.6 Å². The number of primary amides is 1. The monoisotopic (exact) mass is 250 g/mol. The SMILES string of the molecule is NC(=O)C1C=NC=C(c2cc(F)cc(F)c2)C1=O. The number of Topliss-reactive ketones (excluding diaryl/α,β-unsaturated/α-hetero) is 1. The van der Waals surface area contributed by atoms with Gasteiger partial charge in [-0.3, -0.25) is 14.6 Å². The van der Waals surface area contributed by atoms with Gasteiger partial charge in [0.2, 0.25) is 5.91 Å². The fraction of sp³-hybridized carbons (Fsp3) is 0.0833. The van der Waals surface area contributed by atoms with Gasteiger partial charge in [0, 0.05) is 24.1 Å². The van der Waals surface area contributed by atoms with E-state index in [1.165, 1.54) is 0 Å². The van der Waals surface area contributed by atoms with E-state index in [4.69, 9.17) is 5.73 Å². The second-order valence-electron chi connectivity index (χ2n) is 3.74. The fourth-order valence-corrected chi connectivity index (χ4v) is 1.63. The average molecular weight is 250 g/mol. The van der Waals surface area contributed by atoms with Crippen LogP contribution in [0.2, 0.25) is 0 Å². The van der Waals surface area contributed by atoms with Gasteiger partial charge in [-0.25, -0.2) is 8.78 Å². The summed E-state index contributed by atoms with van der Waals surface area (Å²) in [4.78, 5) is 26.6. The fourth-order valence-electron chi connectivity index (χ4n) is 1.63. The Kier molecular flexibility index (Phi) is 3.01. The Morgan fingerprint density at radius 2 is 1.83 bits per heavy atom. The van der Waals surface area contributed by atoms with Crippen LogP contribution in [0.5, 0.6) is 0 Å². The highest BCUT2D eigenvalue weighted by Crippen LogP contribution is 2.23. The molecule has 0 saturated carbocycles. The number of carbonyl (C=O) groups is 2. The molecule has 0 spiro atoms. The molecule has 1 heterocycles. The zero-order valence-corrected chi connectivity index (χ0v) is 9.06. The lowest BCUT2D eigenvalue weighted by atomic mass is 9.92. The van der Waals surface area contributed by atoms with E-state index in [2.05, 4.69) is 4.99 Å². The van der Waals surface area contributed by atoms with Crippen molar-refractivity contribution in [2.24, 2.45) is 16.6 Å². The summed E-state index contributed by atoms with van der Waals surface area (Å²) in [5.41, 5.74) is 5.02. The van der Waals surface area contributed by atoms with E-state index in [9.17, 15) is 18.4 Å². The summed E-state index contributed by atoms with van der Waals surface area (Å²) >= 11 is 0. The first-order valence-corrected chi connectivity index (χ1v) is 5.02. The van der Waals surface area contributed by atoms with Crippen LogP contribution in [0.15, 0.2) is 29.4 Å². The van der Waals surface area contributed by atoms with E-state index < -0.39 is 29.2 Å². The molecule has 1 aromatic rings. The zero-order valence-electron chi connectivity index (χ0n) is 9.06. The van der Waals surface area contributed by atoms with Gasteiger partial charge in [-0.15, -0.1) is 0 Å². The van der Waals surface area contributed by atoms with E-state index in [1.807, 2.05) is 0 Å². The zero-order chi connectivity index (χ0) is 13.3. The van der Waals surface area contributed by atoms with Crippen LogP contribution < -0.4 is 5.73 Å². The summed E-state index contributed by atoms with van der Waals surface area (Å²) in [6.07, 6.45) is 2.25. The normalized spacial score (nSPS) is 18.7. The lowest BCUT2D eigenvalue weighted by Gasteiger charge is -2.14. The minimum absolute atomic E-state index is 0.0283. The van der Waals surface area contributed by atoms with Crippen LogP contribution in [0, 0.1) is 17.6 Å². The summed E-state index contributed by atoms with van der Waals surface area (Å²) < 4.78 is 26.1. The molecule has 6 heteroatoms. The van der Waals surface area contributed by atoms with Gasteiger partial charge in [-0.2, -0.15) is 0 Å². The number of hydrogen-bond donors (Lipinski definition) is 1. The highest BCUT2D eigenvalue weighted by atomic mass is 19.1. The molecule has 1 unspecified atom stereocenters. The van der Waals surface area contributed by atoms with Gasteiger partial charge in [0.15, 0.2) is 5.78 Å². The molecule has 2 rings (SSSR count). The summed E-state index contributed by atoms with van der Waals surface area (Å²) in [5, 5.41) is 0. The maximum Gasteiger partial charge on any atom is 0.233 e. The second-order valence-corrected chi connectivity index (χ2v) is 3.74. The Morgan fingerprint density at radius 3 is 2.39 bits per heavy atom. The summed E-state index contributed by atoms with van der Waals surface area (Å²) in [6.45, 7) is 0. The van der Waals surface area contributed by atoms with Gasteiger partial charge < -0.3 is 5.73 Å². The van der Waals surface area contributed by atoms with Gasteiger partial charge in [0.05, 0.1) is 0 Å². The smallest absolute Gasteiger partial charge is 0.233 e. The first kappa shape index (κ1) is 12.1. The molecule has 1 aromatic carbocycles. The van der Waals surface area contributed by atoms with Crippen molar-refractivity contribution in [3.8, 4) is 0 Å². The Hall–Kier alpha value is -2.37. The number of carbonyl (C=O) groups excluding carboxylic acids is 2. The molecule has 1 aliphatic rings. The van der Waals surface area contributed by atoms with Crippen molar-refractivity contribution in [3.63, 3.8) is 0 Å². The third-order valence-corrected chi connectivity index (χ3v) is 2.47. The largest absolute Gasteiger partial charge is 0.369 e. The molecule has 1 atom stereocenters. The molecule has 2 N–H and O–H groups in total. The first-order chi connectivity index (χ1) is 8.49. The molecule has 0 fully saturated rings. The standard InChI is InChI=1S/C12H8F2N2O2/c13-7-1-6(2-8(14)3-7)9-4-16-5-10(11(9)17)12(15)18/h1-5,10H,(H2,15,18). The molecule has 1 amide bonds. The minimum atomic E-state index is -1.20. The molecule has 4 nitrogen and oxygen atoms in total. The van der Waals surface area contributed by atoms with E-state index >= 15 is 0 Å². The summed E-state index contributed by atoms with van der Waals surface area (Å²) in [6, 6.07) is 2.67. The third-order valence-electron chi connectivity index (χ3n) is 2.47. The minimum Gasteiger partial charge on any atom is -0.369 e. The number of hydrogen-bond acceptors (Lipinski definition) is 3. The van der Waals surface area contributed by atoms with Gasteiger partial charge in [-0.05, 0) is 17.7 Å². The number of allylic oxidation sites excluding steroid dienone is 1. The number of aliphatic imine (C=N–C) groups is 1. The van der Waals surface area contributed by atoms with Crippen LogP contribution in [-0.2, 0) is 9.59 Å². The average Bonchev–Trinajstić information content (AvgIpc) is 2.27. The van der Waals surface area contributed by atoms with Crippen LogP contribution in [0.25, 0.3) is 5.57 Å². The Labute approximate surface area is 101 Å². The number of rotatable bonds is 2. The lowest BCUT2D eigenvalue weighted by molar-refractivity contribution is -0.126. The first-order valence-electron chi connectivity index (χ1n) is 5.02. The van der Waals surface area contributed by atoms with Crippen LogP contribution in [-0.4, -0.2) is 17.9 Å². The lowest BCUT2D eigenvalue weighted by Crippen LogP contribution is -2.33. The molecular formula is C12H8F2N2O2. The predicted molar refractivity (Wildman–Crippen MR) is 60.5 cm³/mol. The van der Waals surface area contributed by atoms with Crippen LogP contribution >= 0.6 is 0 Å². The number of amides is 1. The van der Waals surface area contributed by atoms with Crippen molar-refractivity contribution in [2.75, 3.05) is 0 Å². The van der Waals surface area contributed by atoms with Gasteiger partial charge in [0.25, 0.3) is 0 Å². The molecule has 0 radical (unpaired) electrons. The van der Waals surface area contributed by atoms with Crippen molar-refractivity contribution >= 4 is 23.5 Å². The second kappa shape index (κ2) is 4.48. The van der Waals surface area contributed by atoms with Gasteiger partial charge >= 0.3 is 0 Å². The highest BCUT2D eigenvalue weighted by Gasteiger charge is 2.29. The number of nitrogens with two attached hydrogens (primary N) is 1. The topological polar surface area (TPSA) is 72.5 Å². The third kappa shape index (κ3) is 2.17. The molecule has 18 heavy (non-hydrogen) atoms. The highest BCUT2D eigenvalue weighted by molar-refractivity contribution is 6.33. The predicted octanol–water partition coefficient (Wildman–Crippen LogP) is 1.06. The van der Waals surface area contributed by atoms with E-state index in [0.29, 0.717) is 6.07 Å². The van der Waals surface area contributed by atoms with Crippen LogP contribution in [0.3, 0.4) is 0 Å². The van der Waals surface area contributed by atoms with Crippen molar-refractivity contribution in [1.82, 2.24) is 0 Å². The van der Waals surface area contributed by atoms with E-state index in [1.54, 1.807) is 0 Å². The van der Waals surface area contributed by atoms with E-state index in [0.717, 1.165) is 24.5 Å². The molecule has 0 aliphatic carbocycles. The molecular weight excluding hydrogens is 242 g/mol. The number of halogens is 2. The summed E-state index contributed by atoms with van der Waals surface area (Å²) in [5.74, 6) is -4.31. The summed E-state index contributed by atoms with van der Waals surface area (Å²) in [7, 11) is 0. The number of ketones is 1. The molecule has 0 saturated heterocycles. The van der Waals surface area contributed by atoms with Gasteiger partial charge in [0.1, 0.15) is 17.6 Å². The van der Waals surface area contributed by atoms with Crippen LogP contribution in [0.4, 0.5) is 8.78 Å². The molecule has 0 aromatic heterocycles. The van der Waals surface area contributed by atoms with Crippen molar-refractivity contribution < 1.29 is 18.4 Å². The molecule has 0 bridgehead atoms. The quantitative estimate of drug-likeness (QED) is 0.797. The van der Waals surface area contributed by atoms with Crippen LogP contribution in [0.1, 0.15) is 5.56 Å². The Bertz CT molecular complexity index is 573. The van der Waals surface area contributed by atoms with Gasteiger partial charge in [-0.1, -0.05) is 0 Å². The Balaban J connectivity index is 2.45. The maximum atomic E-state index is 13.1. The number of nitrogens with zero attached hydrogens (tertiary/aromatic N) is 1. The number of benzene rings is 1. The van der Waals surface area contributed by atoms with Crippen molar-refractivity contribution in [2.45, 2.75) is 0 Å².